The van der Waals surface area contributed by atoms with Gasteiger partial charge >= 0.3 is 6.03 Å². The van der Waals surface area contributed by atoms with Crippen LogP contribution in [-0.4, -0.2) is 35.1 Å². The largest absolute Gasteiger partial charge is 0.471 e. The standard InChI is InChI=1S/C16H16ClN3O2/c17-13-6-4-12(5-7-13)9-19-16(21)20-10-14(11-20)22-15-3-1-2-8-18-15/h1-8,14H,9-11H2,(H,19,21). The highest BCUT2D eigenvalue weighted by Crippen LogP contribution is 2.15. The number of amides is 2. The Morgan fingerprint density at radius 3 is 2.73 bits per heavy atom. The third-order valence-corrected chi connectivity index (χ3v) is 3.67. The molecular weight excluding hydrogens is 302 g/mol. The first kappa shape index (κ1) is 14.7. The Bertz CT molecular complexity index is 628. The maximum Gasteiger partial charge on any atom is 0.317 e. The summed E-state index contributed by atoms with van der Waals surface area (Å²) in [6.07, 6.45) is 1.70. The molecule has 6 heteroatoms. The van der Waals surface area contributed by atoms with E-state index in [4.69, 9.17) is 16.3 Å². The van der Waals surface area contributed by atoms with E-state index in [0.717, 1.165) is 5.56 Å². The number of carbonyl (C=O) groups is 1. The van der Waals surface area contributed by atoms with Gasteiger partial charge in [-0.15, -0.1) is 0 Å². The number of rotatable bonds is 4. The molecule has 2 amide bonds. The number of benzene rings is 1. The normalized spacial score (nSPS) is 14.3. The molecule has 0 spiro atoms. The van der Waals surface area contributed by atoms with Crippen LogP contribution in [0.2, 0.25) is 5.02 Å². The van der Waals surface area contributed by atoms with Crippen LogP contribution >= 0.6 is 11.6 Å². The summed E-state index contributed by atoms with van der Waals surface area (Å²) >= 11 is 5.82. The van der Waals surface area contributed by atoms with Crippen LogP contribution in [0.25, 0.3) is 0 Å². The number of urea groups is 1. The van der Waals surface area contributed by atoms with Gasteiger partial charge in [0, 0.05) is 23.8 Å². The number of nitrogens with one attached hydrogen (secondary N) is 1. The van der Waals surface area contributed by atoms with Crippen LogP contribution < -0.4 is 10.1 Å². The SMILES string of the molecule is O=C(NCc1ccc(Cl)cc1)N1CC(Oc2ccccn2)C1. The summed E-state index contributed by atoms with van der Waals surface area (Å²) in [5.41, 5.74) is 1.01. The molecule has 3 rings (SSSR count). The molecular formula is C16H16ClN3O2. The quantitative estimate of drug-likeness (QED) is 0.943. The molecule has 114 valence electrons. The second-order valence-electron chi connectivity index (χ2n) is 5.10. The van der Waals surface area contributed by atoms with Crippen molar-refractivity contribution in [1.82, 2.24) is 15.2 Å². The van der Waals surface area contributed by atoms with Crippen LogP contribution in [0.1, 0.15) is 5.56 Å². The lowest BCUT2D eigenvalue weighted by Gasteiger charge is -2.38. The summed E-state index contributed by atoms with van der Waals surface area (Å²) in [6, 6.07) is 12.8. The van der Waals surface area contributed by atoms with Crippen LogP contribution in [0, 0.1) is 0 Å². The molecule has 1 aliphatic heterocycles. The number of carbonyl (C=O) groups excluding carboxylic acids is 1. The fourth-order valence-corrected chi connectivity index (χ4v) is 2.28. The van der Waals surface area contributed by atoms with Gasteiger partial charge in [-0.25, -0.2) is 9.78 Å². The summed E-state index contributed by atoms with van der Waals surface area (Å²) < 4.78 is 5.66. The molecule has 0 atom stereocenters. The van der Waals surface area contributed by atoms with Gasteiger partial charge in [-0.05, 0) is 23.8 Å². The van der Waals surface area contributed by atoms with Crippen molar-refractivity contribution in [3.8, 4) is 5.88 Å². The molecule has 5 nitrogen and oxygen atoms in total. The Morgan fingerprint density at radius 1 is 1.27 bits per heavy atom. The smallest absolute Gasteiger partial charge is 0.317 e. The molecule has 0 unspecified atom stereocenters. The summed E-state index contributed by atoms with van der Waals surface area (Å²) in [4.78, 5) is 17.8. The van der Waals surface area contributed by atoms with E-state index in [9.17, 15) is 4.79 Å². The number of hydrogen-bond acceptors (Lipinski definition) is 3. The van der Waals surface area contributed by atoms with Crippen molar-refractivity contribution in [2.75, 3.05) is 13.1 Å². The zero-order valence-corrected chi connectivity index (χ0v) is 12.7. The number of pyridine rings is 1. The van der Waals surface area contributed by atoms with Gasteiger partial charge < -0.3 is 15.0 Å². The van der Waals surface area contributed by atoms with Crippen LogP contribution in [0.3, 0.4) is 0 Å². The number of hydrogen-bond donors (Lipinski definition) is 1. The van der Waals surface area contributed by atoms with Crippen molar-refractivity contribution in [1.29, 1.82) is 0 Å². The minimum absolute atomic E-state index is 0.0104. The van der Waals surface area contributed by atoms with Gasteiger partial charge in [-0.1, -0.05) is 29.8 Å². The van der Waals surface area contributed by atoms with E-state index >= 15 is 0 Å². The minimum Gasteiger partial charge on any atom is -0.471 e. The van der Waals surface area contributed by atoms with Crippen LogP contribution in [0.5, 0.6) is 5.88 Å². The van der Waals surface area contributed by atoms with Crippen molar-refractivity contribution in [3.63, 3.8) is 0 Å². The van der Waals surface area contributed by atoms with Gasteiger partial charge in [-0.2, -0.15) is 0 Å². The molecule has 0 bridgehead atoms. The molecule has 1 aliphatic rings. The molecule has 1 aromatic carbocycles. The lowest BCUT2D eigenvalue weighted by molar-refractivity contribution is 0.0413. The maximum atomic E-state index is 12.0. The highest BCUT2D eigenvalue weighted by Gasteiger charge is 2.32. The molecule has 2 aromatic rings. The third-order valence-electron chi connectivity index (χ3n) is 3.42. The highest BCUT2D eigenvalue weighted by atomic mass is 35.5. The number of nitrogens with zero attached hydrogens (tertiary/aromatic N) is 2. The average molecular weight is 318 g/mol. The maximum absolute atomic E-state index is 12.0. The lowest BCUT2D eigenvalue weighted by atomic mass is 10.2. The molecule has 0 saturated carbocycles. The molecule has 2 heterocycles. The zero-order chi connectivity index (χ0) is 15.4. The number of halogens is 1. The van der Waals surface area contributed by atoms with E-state index in [1.54, 1.807) is 11.1 Å². The number of likely N-dealkylation sites (tertiary alicyclic amines) is 1. The van der Waals surface area contributed by atoms with E-state index in [2.05, 4.69) is 10.3 Å². The summed E-state index contributed by atoms with van der Waals surface area (Å²) in [5.74, 6) is 0.591. The topological polar surface area (TPSA) is 54.5 Å². The van der Waals surface area contributed by atoms with E-state index in [-0.39, 0.29) is 12.1 Å². The van der Waals surface area contributed by atoms with Gasteiger partial charge in [0.1, 0.15) is 6.10 Å². The molecule has 1 N–H and O–H groups in total. The van der Waals surface area contributed by atoms with Gasteiger partial charge in [0.2, 0.25) is 5.88 Å². The Morgan fingerprint density at radius 2 is 2.05 bits per heavy atom. The predicted octanol–water partition coefficient (Wildman–Crippen LogP) is 2.71. The second-order valence-corrected chi connectivity index (χ2v) is 5.53. The van der Waals surface area contributed by atoms with Crippen molar-refractivity contribution in [2.24, 2.45) is 0 Å². The summed E-state index contributed by atoms with van der Waals surface area (Å²) in [7, 11) is 0. The summed E-state index contributed by atoms with van der Waals surface area (Å²) in [6.45, 7) is 1.63. The lowest BCUT2D eigenvalue weighted by Crippen LogP contribution is -2.58. The van der Waals surface area contributed by atoms with Gasteiger partial charge in [0.05, 0.1) is 13.1 Å². The molecule has 0 radical (unpaired) electrons. The van der Waals surface area contributed by atoms with Gasteiger partial charge in [0.25, 0.3) is 0 Å². The fourth-order valence-electron chi connectivity index (χ4n) is 2.16. The van der Waals surface area contributed by atoms with Crippen molar-refractivity contribution >= 4 is 17.6 Å². The Labute approximate surface area is 133 Å². The number of aromatic nitrogens is 1. The zero-order valence-electron chi connectivity index (χ0n) is 11.9. The van der Waals surface area contributed by atoms with E-state index < -0.39 is 0 Å². The van der Waals surface area contributed by atoms with E-state index in [1.807, 2.05) is 42.5 Å². The Balaban J connectivity index is 1.41. The first-order valence-corrected chi connectivity index (χ1v) is 7.43. The minimum atomic E-state index is -0.0872. The predicted molar refractivity (Wildman–Crippen MR) is 83.9 cm³/mol. The second kappa shape index (κ2) is 6.66. The first-order valence-electron chi connectivity index (χ1n) is 7.05. The van der Waals surface area contributed by atoms with E-state index in [1.165, 1.54) is 0 Å². The molecule has 1 fully saturated rings. The van der Waals surface area contributed by atoms with Crippen molar-refractivity contribution < 1.29 is 9.53 Å². The van der Waals surface area contributed by atoms with Crippen molar-refractivity contribution in [3.05, 3.63) is 59.2 Å². The van der Waals surface area contributed by atoms with Gasteiger partial charge in [0.15, 0.2) is 0 Å². The Kier molecular flexibility index (Phi) is 4.44. The van der Waals surface area contributed by atoms with E-state index in [0.29, 0.717) is 30.5 Å². The molecule has 1 saturated heterocycles. The van der Waals surface area contributed by atoms with Gasteiger partial charge in [-0.3, -0.25) is 0 Å². The van der Waals surface area contributed by atoms with Crippen LogP contribution in [0.15, 0.2) is 48.7 Å². The van der Waals surface area contributed by atoms with Crippen molar-refractivity contribution in [2.45, 2.75) is 12.6 Å². The number of ether oxygens (including phenoxy) is 1. The third kappa shape index (κ3) is 3.68. The first-order chi connectivity index (χ1) is 10.7. The molecule has 0 aliphatic carbocycles. The average Bonchev–Trinajstić information content (AvgIpc) is 2.50. The fraction of sp³-hybridized carbons (Fsp3) is 0.250. The monoisotopic (exact) mass is 317 g/mol. The summed E-state index contributed by atoms with van der Waals surface area (Å²) in [5, 5.41) is 3.56. The molecule has 22 heavy (non-hydrogen) atoms. The highest BCUT2D eigenvalue weighted by molar-refractivity contribution is 6.30. The van der Waals surface area contributed by atoms with Crippen LogP contribution in [-0.2, 0) is 6.54 Å². The molecule has 1 aromatic heterocycles. The Hall–Kier alpha value is -2.27. The van der Waals surface area contributed by atoms with Crippen LogP contribution in [0.4, 0.5) is 4.79 Å².